The molecule has 0 heterocycles. The highest BCUT2D eigenvalue weighted by atomic mass is 35.5. The van der Waals surface area contributed by atoms with Crippen LogP contribution in [0.4, 0.5) is 0 Å². The molecule has 3 fully saturated rings. The van der Waals surface area contributed by atoms with Crippen LogP contribution in [0.2, 0.25) is 0 Å². The van der Waals surface area contributed by atoms with Crippen LogP contribution in [0.1, 0.15) is 39.5 Å². The monoisotopic (exact) mass is 269 g/mol. The van der Waals surface area contributed by atoms with Crippen molar-refractivity contribution in [3.63, 3.8) is 0 Å². The number of alkyl halides is 1. The van der Waals surface area contributed by atoms with Gasteiger partial charge in [0.15, 0.2) is 0 Å². The minimum absolute atomic E-state index is 0.258. The zero-order chi connectivity index (χ0) is 12.9. The average Bonchev–Trinajstić information content (AvgIpc) is 2.78. The van der Waals surface area contributed by atoms with Gasteiger partial charge in [-0.25, -0.2) is 0 Å². The number of fused-ring (bicyclic) bond motifs is 5. The highest BCUT2D eigenvalue weighted by Crippen LogP contribution is 2.69. The van der Waals surface area contributed by atoms with Crippen molar-refractivity contribution in [3.8, 4) is 0 Å². The standard InChI is InChI=1S/C15H24ClNO/c1-8(2)11(5-6-16)17-15(18)14-12-9-3-4-10(7-9)13(12)14/h8-14H,3-7H2,1-2H3,(H,17,18). The van der Waals surface area contributed by atoms with Crippen molar-refractivity contribution in [2.75, 3.05) is 5.88 Å². The first-order chi connectivity index (χ1) is 8.63. The molecule has 2 nitrogen and oxygen atoms in total. The number of amides is 1. The number of rotatable bonds is 5. The van der Waals surface area contributed by atoms with E-state index in [0.717, 1.165) is 30.1 Å². The van der Waals surface area contributed by atoms with E-state index < -0.39 is 0 Å². The Bertz CT molecular complexity index is 327. The summed E-state index contributed by atoms with van der Waals surface area (Å²) < 4.78 is 0. The van der Waals surface area contributed by atoms with Crippen LogP contribution < -0.4 is 5.32 Å². The van der Waals surface area contributed by atoms with Crippen molar-refractivity contribution in [1.29, 1.82) is 0 Å². The Balaban J connectivity index is 1.57. The van der Waals surface area contributed by atoms with Crippen molar-refractivity contribution < 1.29 is 4.79 Å². The molecule has 102 valence electrons. The number of carbonyl (C=O) groups is 1. The van der Waals surface area contributed by atoms with Crippen LogP contribution in [0, 0.1) is 35.5 Å². The van der Waals surface area contributed by atoms with E-state index in [4.69, 9.17) is 11.6 Å². The Labute approximate surface area is 115 Å². The molecule has 18 heavy (non-hydrogen) atoms. The van der Waals surface area contributed by atoms with Gasteiger partial charge in [-0.3, -0.25) is 4.79 Å². The lowest BCUT2D eigenvalue weighted by molar-refractivity contribution is -0.124. The van der Waals surface area contributed by atoms with Gasteiger partial charge in [-0.15, -0.1) is 11.6 Å². The molecular weight excluding hydrogens is 246 g/mol. The molecule has 3 aliphatic rings. The molecule has 0 aliphatic heterocycles. The first kappa shape index (κ1) is 12.8. The van der Waals surface area contributed by atoms with Gasteiger partial charge in [0.05, 0.1) is 0 Å². The highest BCUT2D eigenvalue weighted by Gasteiger charge is 2.67. The summed E-state index contributed by atoms with van der Waals surface area (Å²) in [6.07, 6.45) is 5.06. The van der Waals surface area contributed by atoms with Crippen LogP contribution in [0.5, 0.6) is 0 Å². The predicted octanol–water partition coefficient (Wildman–Crippen LogP) is 3.05. The van der Waals surface area contributed by atoms with Gasteiger partial charge < -0.3 is 5.32 Å². The first-order valence-electron chi connectivity index (χ1n) is 7.49. The van der Waals surface area contributed by atoms with Crippen molar-refractivity contribution in [2.24, 2.45) is 35.5 Å². The molecule has 0 aromatic carbocycles. The second-order valence-corrected chi connectivity index (χ2v) is 7.23. The maximum atomic E-state index is 12.4. The largest absolute Gasteiger partial charge is 0.353 e. The molecule has 0 saturated heterocycles. The Morgan fingerprint density at radius 2 is 1.89 bits per heavy atom. The minimum atomic E-state index is 0.258. The maximum Gasteiger partial charge on any atom is 0.223 e. The van der Waals surface area contributed by atoms with Crippen molar-refractivity contribution in [1.82, 2.24) is 5.32 Å². The lowest BCUT2D eigenvalue weighted by atomic mass is 9.99. The molecule has 3 heteroatoms. The van der Waals surface area contributed by atoms with Gasteiger partial charge in [-0.2, -0.15) is 0 Å². The highest BCUT2D eigenvalue weighted by molar-refractivity contribution is 6.17. The van der Waals surface area contributed by atoms with Crippen LogP contribution in [-0.4, -0.2) is 17.8 Å². The number of halogens is 1. The van der Waals surface area contributed by atoms with Crippen molar-refractivity contribution in [3.05, 3.63) is 0 Å². The van der Waals surface area contributed by atoms with Gasteiger partial charge in [-0.05, 0) is 55.3 Å². The zero-order valence-corrected chi connectivity index (χ0v) is 12.1. The quantitative estimate of drug-likeness (QED) is 0.764. The topological polar surface area (TPSA) is 29.1 Å². The first-order valence-corrected chi connectivity index (χ1v) is 8.03. The second-order valence-electron chi connectivity index (χ2n) is 6.85. The van der Waals surface area contributed by atoms with E-state index in [-0.39, 0.29) is 6.04 Å². The maximum absolute atomic E-state index is 12.4. The van der Waals surface area contributed by atoms with Crippen molar-refractivity contribution in [2.45, 2.75) is 45.6 Å². The van der Waals surface area contributed by atoms with Gasteiger partial charge >= 0.3 is 0 Å². The zero-order valence-electron chi connectivity index (χ0n) is 11.4. The second kappa shape index (κ2) is 4.70. The molecule has 0 aromatic rings. The molecule has 5 unspecified atom stereocenters. The third kappa shape index (κ3) is 1.97. The van der Waals surface area contributed by atoms with E-state index in [1.807, 2.05) is 0 Å². The lowest BCUT2D eigenvalue weighted by Crippen LogP contribution is -2.40. The van der Waals surface area contributed by atoms with E-state index in [2.05, 4.69) is 19.2 Å². The molecule has 3 saturated carbocycles. The predicted molar refractivity (Wildman–Crippen MR) is 73.4 cm³/mol. The summed E-state index contributed by atoms with van der Waals surface area (Å²) in [7, 11) is 0. The molecule has 1 amide bonds. The number of nitrogens with one attached hydrogen (secondary N) is 1. The number of hydrogen-bond donors (Lipinski definition) is 1. The van der Waals surface area contributed by atoms with Crippen LogP contribution in [0.15, 0.2) is 0 Å². The molecule has 0 spiro atoms. The Kier molecular flexibility index (Phi) is 3.34. The molecule has 3 rings (SSSR count). The fourth-order valence-corrected chi connectivity index (χ4v) is 4.88. The van der Waals surface area contributed by atoms with Crippen LogP contribution in [0.25, 0.3) is 0 Å². The van der Waals surface area contributed by atoms with Gasteiger partial charge in [0.2, 0.25) is 5.91 Å². The summed E-state index contributed by atoms with van der Waals surface area (Å²) in [6, 6.07) is 0.258. The Hall–Kier alpha value is -0.240. The molecule has 1 N–H and O–H groups in total. The van der Waals surface area contributed by atoms with Crippen LogP contribution >= 0.6 is 11.6 Å². The SMILES string of the molecule is CC(C)C(CCCl)NC(=O)C1C2C3CCC(C3)C12. The van der Waals surface area contributed by atoms with E-state index in [9.17, 15) is 4.79 Å². The fourth-order valence-electron chi connectivity index (χ4n) is 4.64. The van der Waals surface area contributed by atoms with E-state index >= 15 is 0 Å². The minimum Gasteiger partial charge on any atom is -0.353 e. The summed E-state index contributed by atoms with van der Waals surface area (Å²) in [6.45, 7) is 4.32. The molecular formula is C15H24ClNO. The third-order valence-electron chi connectivity index (χ3n) is 5.59. The van der Waals surface area contributed by atoms with Gasteiger partial charge in [0, 0.05) is 17.8 Å². The van der Waals surface area contributed by atoms with E-state index in [1.54, 1.807) is 0 Å². The molecule has 5 atom stereocenters. The van der Waals surface area contributed by atoms with Crippen molar-refractivity contribution >= 4 is 17.5 Å². The van der Waals surface area contributed by atoms with Crippen LogP contribution in [0.3, 0.4) is 0 Å². The normalized spacial score (nSPS) is 41.9. The van der Waals surface area contributed by atoms with Gasteiger partial charge in [0.1, 0.15) is 0 Å². The summed E-state index contributed by atoms with van der Waals surface area (Å²) >= 11 is 5.82. The van der Waals surface area contributed by atoms with Crippen LogP contribution in [-0.2, 0) is 4.79 Å². The smallest absolute Gasteiger partial charge is 0.223 e. The molecule has 2 bridgehead atoms. The summed E-state index contributed by atoms with van der Waals surface area (Å²) in [5.41, 5.74) is 0. The lowest BCUT2D eigenvalue weighted by Gasteiger charge is -2.22. The summed E-state index contributed by atoms with van der Waals surface area (Å²) in [5.74, 6) is 5.02. The molecule has 0 radical (unpaired) electrons. The summed E-state index contributed by atoms with van der Waals surface area (Å²) in [4.78, 5) is 12.4. The number of hydrogen-bond acceptors (Lipinski definition) is 1. The fraction of sp³-hybridized carbons (Fsp3) is 0.933. The Morgan fingerprint density at radius 3 is 2.39 bits per heavy atom. The molecule has 0 aromatic heterocycles. The number of carbonyl (C=O) groups excluding carboxylic acids is 1. The van der Waals surface area contributed by atoms with Gasteiger partial charge in [-0.1, -0.05) is 13.8 Å². The average molecular weight is 270 g/mol. The molecule has 3 aliphatic carbocycles. The third-order valence-corrected chi connectivity index (χ3v) is 5.81. The summed E-state index contributed by atoms with van der Waals surface area (Å²) in [5, 5.41) is 3.25. The Morgan fingerprint density at radius 1 is 1.28 bits per heavy atom. The van der Waals surface area contributed by atoms with Gasteiger partial charge in [0.25, 0.3) is 0 Å². The van der Waals surface area contributed by atoms with E-state index in [0.29, 0.717) is 23.6 Å². The van der Waals surface area contributed by atoms with E-state index in [1.165, 1.54) is 19.3 Å².